The molecule has 1 aromatic rings. The summed E-state index contributed by atoms with van der Waals surface area (Å²) in [4.78, 5) is 42.2. The average Bonchev–Trinajstić information content (AvgIpc) is 2.23. The van der Waals surface area contributed by atoms with Gasteiger partial charge in [0.25, 0.3) is 5.56 Å². The van der Waals surface area contributed by atoms with E-state index in [-0.39, 0.29) is 18.7 Å². The number of carbonyl (C=O) groups excluding carboxylic acids is 1. The zero-order valence-electron chi connectivity index (χ0n) is 9.24. The summed E-state index contributed by atoms with van der Waals surface area (Å²) in [5.41, 5.74) is 1.16. The van der Waals surface area contributed by atoms with E-state index in [1.54, 1.807) is 0 Å². The molecule has 0 aliphatic rings. The molecule has 0 unspecified atom stereocenters. The fourth-order valence-electron chi connectivity index (χ4n) is 1.08. The van der Waals surface area contributed by atoms with Crippen LogP contribution in [0.5, 0.6) is 0 Å². The molecule has 1 aromatic heterocycles. The maximum Gasteiger partial charge on any atom is 0.325 e. The van der Waals surface area contributed by atoms with Crippen LogP contribution in [-0.4, -0.2) is 36.2 Å². The number of aromatic amines is 2. The number of methoxy groups -OCH3 is 1. The molecule has 1 rings (SSSR count). The van der Waals surface area contributed by atoms with Crippen molar-refractivity contribution in [3.63, 3.8) is 0 Å². The summed E-state index contributed by atoms with van der Waals surface area (Å²) < 4.78 is 4.70. The number of carbonyl (C=O) groups is 1. The Morgan fingerprint density at radius 2 is 2.12 bits per heavy atom. The van der Waals surface area contributed by atoms with Crippen molar-refractivity contribution in [2.24, 2.45) is 0 Å². The van der Waals surface area contributed by atoms with Crippen molar-refractivity contribution in [2.45, 2.75) is 6.42 Å². The molecule has 0 aromatic carbocycles. The van der Waals surface area contributed by atoms with Gasteiger partial charge in [-0.25, -0.2) is 10.3 Å². The van der Waals surface area contributed by atoms with Crippen LogP contribution in [0.3, 0.4) is 0 Å². The topological polar surface area (TPSA) is 113 Å². The van der Waals surface area contributed by atoms with E-state index >= 15 is 0 Å². The third-order valence-electron chi connectivity index (χ3n) is 1.74. The van der Waals surface area contributed by atoms with Crippen LogP contribution in [0.25, 0.3) is 0 Å². The molecule has 0 radical (unpaired) electrons. The number of hydrogen-bond acceptors (Lipinski definition) is 5. The van der Waals surface area contributed by atoms with Crippen LogP contribution >= 0.6 is 0 Å². The minimum Gasteiger partial charge on any atom is -0.382 e. The predicted molar refractivity (Wildman–Crippen MR) is 57.4 cm³/mol. The van der Waals surface area contributed by atoms with Gasteiger partial charge in [0.05, 0.1) is 19.6 Å². The smallest absolute Gasteiger partial charge is 0.325 e. The molecule has 0 saturated heterocycles. The highest BCUT2D eigenvalue weighted by molar-refractivity contribution is 5.76. The first-order valence-electron chi connectivity index (χ1n) is 4.84. The molecule has 8 nitrogen and oxygen atoms in total. The Kier molecular flexibility index (Phi) is 5.11. The fraction of sp³-hybridized carbons (Fsp3) is 0.444. The van der Waals surface area contributed by atoms with Crippen LogP contribution in [0.15, 0.2) is 15.7 Å². The number of hydroxylamine groups is 1. The molecule has 0 aliphatic heterocycles. The number of ether oxygens (including phenoxy) is 1. The van der Waals surface area contributed by atoms with Gasteiger partial charge in [0.15, 0.2) is 0 Å². The van der Waals surface area contributed by atoms with Gasteiger partial charge in [-0.05, 0) is 0 Å². The molecule has 0 saturated carbocycles. The number of aromatic nitrogens is 2. The van der Waals surface area contributed by atoms with E-state index < -0.39 is 17.2 Å². The number of amides is 1. The maximum atomic E-state index is 11.3. The maximum absolute atomic E-state index is 11.3. The minimum absolute atomic E-state index is 0.147. The standard InChI is InChI=1S/C9H13N3O5/c1-16-2-3-17-12-8(14)5-6-4-7(13)11-9(15)10-6/h4H,2-3,5H2,1H3,(H,12,14)(H2,10,11,13,15). The second-order valence-electron chi connectivity index (χ2n) is 3.16. The molecular weight excluding hydrogens is 230 g/mol. The van der Waals surface area contributed by atoms with Crippen LogP contribution in [0.1, 0.15) is 5.69 Å². The zero-order chi connectivity index (χ0) is 12.7. The van der Waals surface area contributed by atoms with Crippen LogP contribution in [-0.2, 0) is 20.8 Å². The largest absolute Gasteiger partial charge is 0.382 e. The first kappa shape index (κ1) is 13.1. The van der Waals surface area contributed by atoms with E-state index in [0.29, 0.717) is 6.61 Å². The number of nitrogens with one attached hydrogen (secondary N) is 3. The number of hydrogen-bond donors (Lipinski definition) is 3. The number of H-pyrrole nitrogens is 2. The summed E-state index contributed by atoms with van der Waals surface area (Å²) in [6, 6.07) is 1.14. The van der Waals surface area contributed by atoms with Crippen molar-refractivity contribution in [3.8, 4) is 0 Å². The summed E-state index contributed by atoms with van der Waals surface area (Å²) in [5, 5.41) is 0. The first-order valence-corrected chi connectivity index (χ1v) is 4.84. The van der Waals surface area contributed by atoms with Gasteiger partial charge >= 0.3 is 5.69 Å². The van der Waals surface area contributed by atoms with E-state index in [9.17, 15) is 14.4 Å². The Morgan fingerprint density at radius 3 is 2.76 bits per heavy atom. The quantitative estimate of drug-likeness (QED) is 0.407. The van der Waals surface area contributed by atoms with Gasteiger partial charge in [-0.3, -0.25) is 19.4 Å². The van der Waals surface area contributed by atoms with Gasteiger partial charge in [0.1, 0.15) is 0 Å². The van der Waals surface area contributed by atoms with E-state index in [0.717, 1.165) is 6.07 Å². The lowest BCUT2D eigenvalue weighted by Crippen LogP contribution is -2.30. The molecule has 17 heavy (non-hydrogen) atoms. The summed E-state index contributed by atoms with van der Waals surface area (Å²) in [7, 11) is 1.51. The molecule has 94 valence electrons. The lowest BCUT2D eigenvalue weighted by molar-refractivity contribution is -0.133. The lowest BCUT2D eigenvalue weighted by Gasteiger charge is -2.04. The summed E-state index contributed by atoms with van der Waals surface area (Å²) in [5.74, 6) is -0.470. The lowest BCUT2D eigenvalue weighted by atomic mass is 10.3. The molecule has 1 heterocycles. The Hall–Kier alpha value is -1.93. The Morgan fingerprint density at radius 1 is 1.35 bits per heavy atom. The van der Waals surface area contributed by atoms with Gasteiger partial charge in [-0.2, -0.15) is 0 Å². The van der Waals surface area contributed by atoms with Crippen molar-refractivity contribution in [1.29, 1.82) is 0 Å². The monoisotopic (exact) mass is 243 g/mol. The average molecular weight is 243 g/mol. The minimum atomic E-state index is -0.652. The van der Waals surface area contributed by atoms with Crippen molar-refractivity contribution in [1.82, 2.24) is 15.4 Å². The normalized spacial score (nSPS) is 10.2. The number of rotatable bonds is 6. The van der Waals surface area contributed by atoms with Crippen molar-refractivity contribution >= 4 is 5.91 Å². The summed E-state index contributed by atoms with van der Waals surface area (Å²) in [6.07, 6.45) is -0.147. The SMILES string of the molecule is COCCONC(=O)Cc1cc(=O)[nH]c(=O)[nH]1. The van der Waals surface area contributed by atoms with Gasteiger partial charge in [0.2, 0.25) is 5.91 Å². The third-order valence-corrected chi connectivity index (χ3v) is 1.74. The molecule has 0 aliphatic carbocycles. The third kappa shape index (κ3) is 5.09. The van der Waals surface area contributed by atoms with E-state index in [1.165, 1.54) is 7.11 Å². The van der Waals surface area contributed by atoms with Gasteiger partial charge < -0.3 is 9.72 Å². The molecule has 3 N–H and O–H groups in total. The van der Waals surface area contributed by atoms with Gasteiger partial charge in [0, 0.05) is 18.9 Å². The first-order chi connectivity index (χ1) is 8.11. The molecule has 0 bridgehead atoms. The van der Waals surface area contributed by atoms with Gasteiger partial charge in [-0.15, -0.1) is 0 Å². The van der Waals surface area contributed by atoms with E-state index in [4.69, 9.17) is 9.57 Å². The van der Waals surface area contributed by atoms with Crippen LogP contribution in [0.2, 0.25) is 0 Å². The molecule has 0 spiro atoms. The van der Waals surface area contributed by atoms with Crippen molar-refractivity contribution in [3.05, 3.63) is 32.6 Å². The highest BCUT2D eigenvalue weighted by Gasteiger charge is 2.05. The molecular formula is C9H13N3O5. The Labute approximate surface area is 95.9 Å². The molecule has 0 fully saturated rings. The van der Waals surface area contributed by atoms with E-state index in [2.05, 4.69) is 10.5 Å². The highest BCUT2D eigenvalue weighted by Crippen LogP contribution is 1.87. The Bertz CT molecular complexity index is 450. The highest BCUT2D eigenvalue weighted by atomic mass is 16.7. The molecule has 0 atom stereocenters. The second kappa shape index (κ2) is 6.61. The van der Waals surface area contributed by atoms with Crippen molar-refractivity contribution in [2.75, 3.05) is 20.3 Å². The van der Waals surface area contributed by atoms with Gasteiger partial charge in [-0.1, -0.05) is 0 Å². The van der Waals surface area contributed by atoms with Crippen LogP contribution < -0.4 is 16.7 Å². The predicted octanol–water partition coefficient (Wildman–Crippen LogP) is -1.70. The molecule has 8 heteroatoms. The zero-order valence-corrected chi connectivity index (χ0v) is 9.24. The Balaban J connectivity index is 2.45. The van der Waals surface area contributed by atoms with E-state index in [1.807, 2.05) is 4.98 Å². The van der Waals surface area contributed by atoms with Crippen LogP contribution in [0.4, 0.5) is 0 Å². The summed E-state index contributed by atoms with van der Waals surface area (Å²) in [6.45, 7) is 0.566. The fourth-order valence-corrected chi connectivity index (χ4v) is 1.08. The van der Waals surface area contributed by atoms with Crippen molar-refractivity contribution < 1.29 is 14.4 Å². The molecule has 1 amide bonds. The van der Waals surface area contributed by atoms with Crippen LogP contribution in [0, 0.1) is 0 Å². The second-order valence-corrected chi connectivity index (χ2v) is 3.16. The summed E-state index contributed by atoms with van der Waals surface area (Å²) >= 11 is 0.